The molecule has 1 aromatic carbocycles. The molecular weight excluding hydrogens is 368 g/mol. The van der Waals surface area contributed by atoms with E-state index in [-0.39, 0.29) is 17.8 Å². The zero-order valence-corrected chi connectivity index (χ0v) is 16.5. The lowest BCUT2D eigenvalue weighted by molar-refractivity contribution is -0.113. The van der Waals surface area contributed by atoms with Gasteiger partial charge >= 0.3 is 0 Å². The maximum absolute atomic E-state index is 12.4. The summed E-state index contributed by atoms with van der Waals surface area (Å²) in [6.07, 6.45) is 2.31. The Bertz CT molecular complexity index is 790. The molecule has 3 rings (SSSR count). The SMILES string of the molecule is COc1ccc(OC)c(NC(=O)CSc2nnc(C)n2C[C@H]2CCCO2)c1. The van der Waals surface area contributed by atoms with E-state index in [1.54, 1.807) is 32.4 Å². The predicted molar refractivity (Wildman–Crippen MR) is 103 cm³/mol. The first-order valence-electron chi connectivity index (χ1n) is 8.76. The highest BCUT2D eigenvalue weighted by molar-refractivity contribution is 7.99. The number of anilines is 1. The van der Waals surface area contributed by atoms with Crippen LogP contribution in [0.5, 0.6) is 11.5 Å². The Morgan fingerprint density at radius 2 is 2.22 bits per heavy atom. The van der Waals surface area contributed by atoms with Crippen LogP contribution in [0.1, 0.15) is 18.7 Å². The van der Waals surface area contributed by atoms with Crippen LogP contribution in [0.15, 0.2) is 23.4 Å². The van der Waals surface area contributed by atoms with E-state index < -0.39 is 0 Å². The van der Waals surface area contributed by atoms with E-state index in [0.717, 1.165) is 30.4 Å². The number of amides is 1. The molecule has 0 spiro atoms. The average Bonchev–Trinajstić information content (AvgIpc) is 3.31. The van der Waals surface area contributed by atoms with Gasteiger partial charge in [0, 0.05) is 12.7 Å². The number of nitrogens with one attached hydrogen (secondary N) is 1. The third-order valence-corrected chi connectivity index (χ3v) is 5.29. The highest BCUT2D eigenvalue weighted by Crippen LogP contribution is 2.29. The summed E-state index contributed by atoms with van der Waals surface area (Å²) >= 11 is 1.35. The standard InChI is InChI=1S/C18H24N4O4S/c1-12-20-21-18(22(12)10-14-5-4-8-26-14)27-11-17(23)19-15-9-13(24-2)6-7-16(15)25-3/h6-7,9,14H,4-5,8,10-11H2,1-3H3,(H,19,23)/t14-/m1/s1. The van der Waals surface area contributed by atoms with Gasteiger partial charge in [-0.25, -0.2) is 0 Å². The summed E-state index contributed by atoms with van der Waals surface area (Å²) in [5.74, 6) is 2.10. The quantitative estimate of drug-likeness (QED) is 0.691. The molecule has 0 bridgehead atoms. The van der Waals surface area contributed by atoms with E-state index in [0.29, 0.717) is 23.7 Å². The van der Waals surface area contributed by atoms with E-state index in [1.165, 1.54) is 11.8 Å². The maximum atomic E-state index is 12.4. The Hall–Kier alpha value is -2.26. The van der Waals surface area contributed by atoms with Crippen molar-refractivity contribution in [1.29, 1.82) is 0 Å². The molecule has 1 aromatic heterocycles. The van der Waals surface area contributed by atoms with Crippen LogP contribution in [0.25, 0.3) is 0 Å². The molecule has 2 heterocycles. The van der Waals surface area contributed by atoms with Gasteiger partial charge in [0.1, 0.15) is 17.3 Å². The summed E-state index contributed by atoms with van der Waals surface area (Å²) in [4.78, 5) is 12.4. The van der Waals surface area contributed by atoms with Crippen LogP contribution in [0.2, 0.25) is 0 Å². The Morgan fingerprint density at radius 1 is 1.37 bits per heavy atom. The summed E-state index contributed by atoms with van der Waals surface area (Å²) in [5.41, 5.74) is 0.569. The molecule has 0 saturated carbocycles. The number of aryl methyl sites for hydroxylation is 1. The number of ether oxygens (including phenoxy) is 3. The number of benzene rings is 1. The lowest BCUT2D eigenvalue weighted by Crippen LogP contribution is -2.18. The van der Waals surface area contributed by atoms with E-state index in [9.17, 15) is 4.79 Å². The van der Waals surface area contributed by atoms with Gasteiger partial charge in [-0.3, -0.25) is 4.79 Å². The van der Waals surface area contributed by atoms with E-state index in [4.69, 9.17) is 14.2 Å². The van der Waals surface area contributed by atoms with Gasteiger partial charge < -0.3 is 24.1 Å². The number of carbonyl (C=O) groups is 1. The zero-order valence-electron chi connectivity index (χ0n) is 15.7. The minimum Gasteiger partial charge on any atom is -0.497 e. The van der Waals surface area contributed by atoms with Crippen LogP contribution in [-0.2, 0) is 16.1 Å². The summed E-state index contributed by atoms with van der Waals surface area (Å²) in [6, 6.07) is 5.26. The molecule has 9 heteroatoms. The first kappa shape index (κ1) is 19.5. The molecule has 8 nitrogen and oxygen atoms in total. The van der Waals surface area contributed by atoms with Gasteiger partial charge in [0.2, 0.25) is 5.91 Å². The largest absolute Gasteiger partial charge is 0.497 e. The third-order valence-electron chi connectivity index (χ3n) is 4.33. The van der Waals surface area contributed by atoms with Crippen molar-refractivity contribution in [1.82, 2.24) is 14.8 Å². The summed E-state index contributed by atoms with van der Waals surface area (Å²) in [6.45, 7) is 3.43. The predicted octanol–water partition coefficient (Wildman–Crippen LogP) is 2.51. The van der Waals surface area contributed by atoms with Crippen LogP contribution in [0.4, 0.5) is 5.69 Å². The fraction of sp³-hybridized carbons (Fsp3) is 0.500. The number of thioether (sulfide) groups is 1. The molecule has 1 fully saturated rings. The minimum absolute atomic E-state index is 0.157. The van der Waals surface area contributed by atoms with Gasteiger partial charge in [0.25, 0.3) is 0 Å². The third kappa shape index (κ3) is 4.92. The molecule has 1 aliphatic rings. The van der Waals surface area contributed by atoms with Crippen molar-refractivity contribution in [2.45, 2.75) is 37.6 Å². The zero-order chi connectivity index (χ0) is 19.2. The minimum atomic E-state index is -0.157. The molecule has 146 valence electrons. The van der Waals surface area contributed by atoms with E-state index in [2.05, 4.69) is 15.5 Å². The maximum Gasteiger partial charge on any atom is 0.234 e. The van der Waals surface area contributed by atoms with Gasteiger partial charge in [-0.15, -0.1) is 10.2 Å². The fourth-order valence-electron chi connectivity index (χ4n) is 2.90. The normalized spacial score (nSPS) is 16.3. The molecule has 1 aliphatic heterocycles. The number of carbonyl (C=O) groups excluding carboxylic acids is 1. The van der Waals surface area contributed by atoms with Crippen LogP contribution in [0.3, 0.4) is 0 Å². The highest BCUT2D eigenvalue weighted by atomic mass is 32.2. The molecule has 0 unspecified atom stereocenters. The molecule has 1 N–H and O–H groups in total. The van der Waals surface area contributed by atoms with Crippen LogP contribution >= 0.6 is 11.8 Å². The molecule has 27 heavy (non-hydrogen) atoms. The number of hydrogen-bond donors (Lipinski definition) is 1. The van der Waals surface area contributed by atoms with Gasteiger partial charge in [0.15, 0.2) is 5.16 Å². The Balaban J connectivity index is 1.61. The smallest absolute Gasteiger partial charge is 0.234 e. The van der Waals surface area contributed by atoms with Crippen LogP contribution in [-0.4, -0.2) is 53.4 Å². The number of aromatic nitrogens is 3. The highest BCUT2D eigenvalue weighted by Gasteiger charge is 2.20. The van der Waals surface area contributed by atoms with Crippen LogP contribution in [0, 0.1) is 6.92 Å². The van der Waals surface area contributed by atoms with Gasteiger partial charge in [0.05, 0.1) is 38.3 Å². The Kier molecular flexibility index (Phi) is 6.57. The van der Waals surface area contributed by atoms with Crippen molar-refractivity contribution in [3.8, 4) is 11.5 Å². The second kappa shape index (κ2) is 9.09. The van der Waals surface area contributed by atoms with Crippen molar-refractivity contribution < 1.29 is 19.0 Å². The number of methoxy groups -OCH3 is 2. The number of nitrogens with zero attached hydrogens (tertiary/aromatic N) is 3. The van der Waals surface area contributed by atoms with Crippen molar-refractivity contribution in [2.24, 2.45) is 0 Å². The van der Waals surface area contributed by atoms with Gasteiger partial charge in [-0.1, -0.05) is 11.8 Å². The molecule has 2 aromatic rings. The first-order valence-corrected chi connectivity index (χ1v) is 9.75. The van der Waals surface area contributed by atoms with Gasteiger partial charge in [-0.2, -0.15) is 0 Å². The topological polar surface area (TPSA) is 87.5 Å². The molecular formula is C18H24N4O4S. The molecule has 1 atom stereocenters. The monoisotopic (exact) mass is 392 g/mol. The second-order valence-electron chi connectivity index (χ2n) is 6.18. The summed E-state index contributed by atoms with van der Waals surface area (Å²) in [5, 5.41) is 11.9. The Morgan fingerprint density at radius 3 is 2.93 bits per heavy atom. The first-order chi connectivity index (χ1) is 13.1. The molecule has 1 amide bonds. The van der Waals surface area contributed by atoms with Crippen molar-refractivity contribution in [2.75, 3.05) is 31.9 Å². The lowest BCUT2D eigenvalue weighted by Gasteiger charge is -2.14. The summed E-state index contributed by atoms with van der Waals surface area (Å²) in [7, 11) is 3.13. The molecule has 0 radical (unpaired) electrons. The Labute approximate surface area is 162 Å². The van der Waals surface area contributed by atoms with E-state index in [1.807, 2.05) is 11.5 Å². The van der Waals surface area contributed by atoms with Crippen LogP contribution < -0.4 is 14.8 Å². The molecule has 1 saturated heterocycles. The lowest BCUT2D eigenvalue weighted by atomic mass is 10.2. The molecule has 0 aliphatic carbocycles. The van der Waals surface area contributed by atoms with Crippen molar-refractivity contribution in [3.63, 3.8) is 0 Å². The van der Waals surface area contributed by atoms with Gasteiger partial charge in [-0.05, 0) is 31.9 Å². The number of hydrogen-bond acceptors (Lipinski definition) is 7. The number of rotatable bonds is 8. The van der Waals surface area contributed by atoms with Crippen molar-refractivity contribution in [3.05, 3.63) is 24.0 Å². The second-order valence-corrected chi connectivity index (χ2v) is 7.12. The fourth-order valence-corrected chi connectivity index (χ4v) is 3.69. The average molecular weight is 392 g/mol. The van der Waals surface area contributed by atoms with Crippen molar-refractivity contribution >= 4 is 23.4 Å². The summed E-state index contributed by atoms with van der Waals surface area (Å²) < 4.78 is 18.2. The van der Waals surface area contributed by atoms with E-state index >= 15 is 0 Å².